The zero-order chi connectivity index (χ0) is 29.8. The van der Waals surface area contributed by atoms with Crippen molar-refractivity contribution in [1.82, 2.24) is 4.90 Å². The van der Waals surface area contributed by atoms with Gasteiger partial charge in [0.15, 0.2) is 29.3 Å². The molecule has 0 bridgehead atoms. The highest BCUT2D eigenvalue weighted by Crippen LogP contribution is 2.38. The first-order chi connectivity index (χ1) is 20.2. The van der Waals surface area contributed by atoms with Gasteiger partial charge in [0, 0.05) is 29.8 Å². The minimum atomic E-state index is -3.07. The van der Waals surface area contributed by atoms with Crippen molar-refractivity contribution >= 4 is 46.8 Å². The predicted molar refractivity (Wildman–Crippen MR) is 153 cm³/mol. The maximum atomic E-state index is 13.6. The molecule has 1 aliphatic heterocycles. The van der Waals surface area contributed by atoms with Crippen molar-refractivity contribution in [1.29, 1.82) is 0 Å². The van der Waals surface area contributed by atoms with E-state index in [9.17, 15) is 23.6 Å². The number of amides is 1. The molecular weight excluding hydrogens is 613 g/mol. The van der Waals surface area contributed by atoms with E-state index in [0.29, 0.717) is 46.2 Å². The quantitative estimate of drug-likeness (QED) is 0.143. The van der Waals surface area contributed by atoms with Crippen molar-refractivity contribution < 1.29 is 37.3 Å². The number of carbonyl (C=O) groups excluding carboxylic acids is 2. The van der Waals surface area contributed by atoms with Gasteiger partial charge in [-0.25, -0.2) is 4.79 Å². The van der Waals surface area contributed by atoms with Crippen molar-refractivity contribution in [2.24, 2.45) is 5.92 Å². The van der Waals surface area contributed by atoms with Gasteiger partial charge in [-0.15, -0.1) is 11.8 Å². The lowest BCUT2D eigenvalue weighted by atomic mass is 10.0. The van der Waals surface area contributed by atoms with Crippen LogP contribution < -0.4 is 14.2 Å². The van der Waals surface area contributed by atoms with Crippen LogP contribution in [-0.2, 0) is 16.0 Å². The number of hydrogen-bond acceptors (Lipinski definition) is 7. The summed E-state index contributed by atoms with van der Waals surface area (Å²) in [7, 11) is 0. The zero-order valence-corrected chi connectivity index (χ0v) is 24.4. The Morgan fingerprint density at radius 1 is 1.07 bits per heavy atom. The summed E-state index contributed by atoms with van der Waals surface area (Å²) in [4.78, 5) is 28.2. The molecule has 1 amide bonds. The molecular formula is C29H26Cl2F2N2O6S. The molecule has 0 radical (unpaired) electrons. The van der Waals surface area contributed by atoms with Crippen molar-refractivity contribution in [2.45, 2.75) is 37.4 Å². The fourth-order valence-electron chi connectivity index (χ4n) is 4.48. The van der Waals surface area contributed by atoms with E-state index in [1.54, 1.807) is 30.3 Å². The molecule has 222 valence electrons. The third-order valence-corrected chi connectivity index (χ3v) is 8.64. The van der Waals surface area contributed by atoms with E-state index in [4.69, 9.17) is 32.7 Å². The average molecular weight is 640 g/mol. The van der Waals surface area contributed by atoms with Gasteiger partial charge in [0.25, 0.3) is 5.91 Å². The molecule has 3 aromatic rings. The van der Waals surface area contributed by atoms with Crippen LogP contribution in [0.25, 0.3) is 0 Å². The van der Waals surface area contributed by atoms with E-state index in [0.717, 1.165) is 25.2 Å². The smallest absolute Gasteiger partial charge is 0.387 e. The molecule has 0 N–H and O–H groups in total. The summed E-state index contributed by atoms with van der Waals surface area (Å²) < 4.78 is 43.1. The maximum absolute atomic E-state index is 13.6. The topological polar surface area (TPSA) is 92.0 Å². The van der Waals surface area contributed by atoms with Crippen LogP contribution in [0.4, 0.5) is 8.78 Å². The molecule has 2 heterocycles. The van der Waals surface area contributed by atoms with Crippen LogP contribution in [0.15, 0.2) is 60.9 Å². The number of rotatable bonds is 11. The van der Waals surface area contributed by atoms with Crippen molar-refractivity contribution in [3.05, 3.63) is 92.9 Å². The minimum Gasteiger partial charge on any atom is -0.619 e. The Labute approximate surface area is 255 Å². The molecule has 13 heteroatoms. The number of pyridine rings is 1. The fraction of sp³-hybridized carbons (Fsp3) is 0.345. The first kappa shape index (κ1) is 30.2. The molecule has 1 aliphatic carbocycles. The summed E-state index contributed by atoms with van der Waals surface area (Å²) in [5, 5.41) is 11.0. The van der Waals surface area contributed by atoms with Crippen molar-refractivity contribution in [3.8, 4) is 11.5 Å². The molecule has 1 saturated heterocycles. The van der Waals surface area contributed by atoms with Crippen LogP contribution in [0.5, 0.6) is 11.5 Å². The number of carbonyl (C=O) groups is 2. The number of ether oxygens (including phenoxy) is 3. The number of halogens is 4. The van der Waals surface area contributed by atoms with Gasteiger partial charge in [-0.2, -0.15) is 13.5 Å². The van der Waals surface area contributed by atoms with Crippen LogP contribution in [0.1, 0.15) is 40.4 Å². The van der Waals surface area contributed by atoms with E-state index in [2.05, 4.69) is 4.74 Å². The largest absolute Gasteiger partial charge is 0.619 e. The SMILES string of the molecule is O=C(OC(Cc1c(Cl)c[n+]([O-])cc1Cl)c1ccc(OC(F)F)c(OCC2CC2)c1)C1SCCN1C(=O)c1ccccc1. The fourth-order valence-corrected chi connectivity index (χ4v) is 6.18. The molecule has 0 spiro atoms. The lowest BCUT2D eigenvalue weighted by molar-refractivity contribution is -0.605. The number of esters is 1. The van der Waals surface area contributed by atoms with Crippen LogP contribution in [0.2, 0.25) is 10.0 Å². The van der Waals surface area contributed by atoms with Crippen molar-refractivity contribution in [3.63, 3.8) is 0 Å². The van der Waals surface area contributed by atoms with Gasteiger partial charge in [0.1, 0.15) is 16.1 Å². The number of nitrogens with zero attached hydrogens (tertiary/aromatic N) is 2. The highest BCUT2D eigenvalue weighted by atomic mass is 35.5. The molecule has 1 saturated carbocycles. The molecule has 2 atom stereocenters. The Bertz CT molecular complexity index is 1420. The molecule has 8 nitrogen and oxygen atoms in total. The summed E-state index contributed by atoms with van der Waals surface area (Å²) in [6, 6.07) is 12.9. The second-order valence-corrected chi connectivity index (χ2v) is 11.9. The van der Waals surface area contributed by atoms with Crippen molar-refractivity contribution in [2.75, 3.05) is 18.9 Å². The van der Waals surface area contributed by atoms with Gasteiger partial charge in [-0.1, -0.05) is 47.5 Å². The van der Waals surface area contributed by atoms with E-state index in [1.165, 1.54) is 34.9 Å². The summed E-state index contributed by atoms with van der Waals surface area (Å²) in [6.07, 6.45) is 3.12. The van der Waals surface area contributed by atoms with Gasteiger partial charge in [0.2, 0.25) is 0 Å². The number of alkyl halides is 2. The summed E-state index contributed by atoms with van der Waals surface area (Å²) >= 11 is 13.9. The lowest BCUT2D eigenvalue weighted by Crippen LogP contribution is -2.40. The first-order valence-corrected chi connectivity index (χ1v) is 15.0. The molecule has 2 unspecified atom stereocenters. The van der Waals surface area contributed by atoms with E-state index in [1.807, 2.05) is 0 Å². The first-order valence-electron chi connectivity index (χ1n) is 13.2. The Morgan fingerprint density at radius 3 is 2.45 bits per heavy atom. The standard InChI is InChI=1S/C29H26Cl2F2N2O6S/c30-21-14-34(38)15-22(31)20(21)13-24(19-8-9-23(41-29(32)33)25(12-19)39-16-17-6-7-17)40-28(37)27-35(10-11-42-27)26(36)18-4-2-1-3-5-18/h1-5,8-9,12,14-15,17,24,27,29H,6-7,10-11,13,16H2. The Kier molecular flexibility index (Phi) is 9.60. The third kappa shape index (κ3) is 7.37. The van der Waals surface area contributed by atoms with Gasteiger partial charge >= 0.3 is 12.6 Å². The second-order valence-electron chi connectivity index (χ2n) is 9.85. The average Bonchev–Trinajstić information content (AvgIpc) is 3.66. The van der Waals surface area contributed by atoms with E-state index < -0.39 is 24.1 Å². The normalized spacial score (nSPS) is 17.3. The minimum absolute atomic E-state index is 0.0502. The van der Waals surface area contributed by atoms with Gasteiger partial charge < -0.3 is 24.3 Å². The lowest BCUT2D eigenvalue weighted by Gasteiger charge is -2.26. The monoisotopic (exact) mass is 638 g/mol. The molecule has 5 rings (SSSR count). The second kappa shape index (κ2) is 13.4. The zero-order valence-electron chi connectivity index (χ0n) is 22.1. The summed E-state index contributed by atoms with van der Waals surface area (Å²) in [6.45, 7) is -2.40. The van der Waals surface area contributed by atoms with Gasteiger partial charge in [-0.05, 0) is 48.6 Å². The van der Waals surface area contributed by atoms with E-state index >= 15 is 0 Å². The summed E-state index contributed by atoms with van der Waals surface area (Å²) in [5.74, 6) is -0.218. The van der Waals surface area contributed by atoms with E-state index in [-0.39, 0.29) is 33.9 Å². The highest BCUT2D eigenvalue weighted by Gasteiger charge is 2.38. The highest BCUT2D eigenvalue weighted by molar-refractivity contribution is 8.00. The third-order valence-electron chi connectivity index (χ3n) is 6.81. The van der Waals surface area contributed by atoms with Gasteiger partial charge in [0.05, 0.1) is 6.61 Å². The summed E-state index contributed by atoms with van der Waals surface area (Å²) in [5.41, 5.74) is 1.17. The molecule has 2 aromatic carbocycles. The number of thioether (sulfide) groups is 1. The Hall–Kier alpha value is -3.28. The van der Waals surface area contributed by atoms with Crippen LogP contribution in [0.3, 0.4) is 0 Å². The van der Waals surface area contributed by atoms with Crippen LogP contribution in [0, 0.1) is 11.1 Å². The number of benzene rings is 2. The maximum Gasteiger partial charge on any atom is 0.387 e. The molecule has 2 fully saturated rings. The molecule has 42 heavy (non-hydrogen) atoms. The molecule has 1 aromatic heterocycles. The number of aromatic nitrogens is 1. The predicted octanol–water partition coefficient (Wildman–Crippen LogP) is 6.06. The van der Waals surface area contributed by atoms with Gasteiger partial charge in [-0.3, -0.25) is 4.79 Å². The number of hydrogen-bond donors (Lipinski definition) is 0. The molecule has 2 aliphatic rings. The Balaban J connectivity index is 1.45. The van der Waals surface area contributed by atoms with Crippen LogP contribution >= 0.6 is 35.0 Å². The Morgan fingerprint density at radius 2 is 1.79 bits per heavy atom. The van der Waals surface area contributed by atoms with Crippen LogP contribution in [-0.4, -0.2) is 47.7 Å².